The maximum atomic E-state index is 12.4. The maximum absolute atomic E-state index is 12.4. The van der Waals surface area contributed by atoms with Crippen LogP contribution in [0.1, 0.15) is 111 Å². The van der Waals surface area contributed by atoms with Crippen LogP contribution >= 0.6 is 0 Å². The van der Waals surface area contributed by atoms with Crippen molar-refractivity contribution in [2.45, 2.75) is 134 Å². The lowest BCUT2D eigenvalue weighted by Gasteiger charge is -2.31. The number of fused-ring (bicyclic) bond motifs is 2. The number of anilines is 1. The Morgan fingerprint density at radius 2 is 1.32 bits per heavy atom. The number of carbonyl (C=O) groups excluding carboxylic acids is 1. The highest BCUT2D eigenvalue weighted by Crippen LogP contribution is 2.51. The molecule has 0 saturated carbocycles. The predicted molar refractivity (Wildman–Crippen MR) is 239 cm³/mol. The molecule has 2 aliphatic heterocycles. The van der Waals surface area contributed by atoms with Gasteiger partial charge in [-0.1, -0.05) is 31.1 Å². The van der Waals surface area contributed by atoms with Crippen LogP contribution < -0.4 is 4.90 Å². The van der Waals surface area contributed by atoms with Gasteiger partial charge in [-0.15, -0.1) is 0 Å². The van der Waals surface area contributed by atoms with Crippen molar-refractivity contribution in [2.24, 2.45) is 0 Å². The Hall–Kier alpha value is -3.74. The van der Waals surface area contributed by atoms with Gasteiger partial charge in [0.15, 0.2) is 24.8 Å². The van der Waals surface area contributed by atoms with E-state index in [4.69, 9.17) is 23.7 Å². The summed E-state index contributed by atoms with van der Waals surface area (Å²) in [7, 11) is -8.94. The molecule has 0 radical (unpaired) electrons. The molecular formula is C46H67N2O12S2+. The third-order valence-electron chi connectivity index (χ3n) is 11.3. The average Bonchev–Trinajstić information content (AvgIpc) is 3.57. The molecule has 4 rings (SSSR count). The fourth-order valence-electron chi connectivity index (χ4n) is 8.41. The highest BCUT2D eigenvalue weighted by atomic mass is 32.2. The number of ether oxygens (including phenoxy) is 5. The molecule has 16 heteroatoms. The highest BCUT2D eigenvalue weighted by molar-refractivity contribution is 7.86. The number of allylic oxidation sites excluding steroid dienone is 6. The second kappa shape index (κ2) is 22.7. The van der Waals surface area contributed by atoms with Gasteiger partial charge in [-0.2, -0.15) is 21.4 Å². The summed E-state index contributed by atoms with van der Waals surface area (Å²) in [5.41, 5.74) is 3.62. The first-order valence-corrected chi connectivity index (χ1v) is 24.6. The molecule has 62 heavy (non-hydrogen) atoms. The molecule has 2 aromatic carbocycles. The van der Waals surface area contributed by atoms with Crippen molar-refractivity contribution in [1.29, 1.82) is 0 Å². The summed E-state index contributed by atoms with van der Waals surface area (Å²) < 4.78 is 100. The Kier molecular flexibility index (Phi) is 18.7. The molecule has 0 amide bonds. The number of hydrogen-bond donors (Lipinski definition) is 2. The second-order valence-electron chi connectivity index (χ2n) is 15.9. The van der Waals surface area contributed by atoms with Crippen molar-refractivity contribution < 1.29 is 59.0 Å². The van der Waals surface area contributed by atoms with Crippen LogP contribution in [0.15, 0.2) is 82.3 Å². The number of carbonyl (C=O) groups is 1. The minimum atomic E-state index is -4.50. The fourth-order valence-corrected chi connectivity index (χ4v) is 9.42. The molecule has 0 bridgehead atoms. The predicted octanol–water partition coefficient (Wildman–Crippen LogP) is 8.42. The fraction of sp³-hybridized carbons (Fsp3) is 0.565. The Morgan fingerprint density at radius 1 is 0.742 bits per heavy atom. The van der Waals surface area contributed by atoms with Crippen LogP contribution in [-0.2, 0) is 59.5 Å². The summed E-state index contributed by atoms with van der Waals surface area (Å²) in [6.45, 7) is 18.8. The first-order chi connectivity index (χ1) is 29.4. The summed E-state index contributed by atoms with van der Waals surface area (Å²) >= 11 is 0. The standard InChI is InChI=1S/C46H66N2O12S2/c1-9-56-42(49)22-18-15-19-29-46(8)37-33-35(62(53,54)55)24-26-39(37)48(31-28-44(59-12-4)60-13-5)41(46)21-17-14-16-20-40-45(6,7)36-32-34(61(50,51)52)23-25-38(36)47(40)30-27-43(57-10-2)58-11-3/h14,16-17,20-21,23-26,32-33,43-44H,9-13,15,18-19,22,27-31H2,1-8H3,(H-,50,51,52,53,54,55)/p+1. The molecule has 344 valence electrons. The summed E-state index contributed by atoms with van der Waals surface area (Å²) in [4.78, 5) is 13.9. The number of benzene rings is 2. The van der Waals surface area contributed by atoms with E-state index in [1.54, 1.807) is 25.1 Å². The quantitative estimate of drug-likeness (QED) is 0.0230. The average molecular weight is 904 g/mol. The van der Waals surface area contributed by atoms with E-state index < -0.39 is 43.6 Å². The van der Waals surface area contributed by atoms with Crippen molar-refractivity contribution in [3.63, 3.8) is 0 Å². The van der Waals surface area contributed by atoms with Crippen LogP contribution in [0.25, 0.3) is 0 Å². The third kappa shape index (κ3) is 12.7. The molecule has 0 fully saturated rings. The van der Waals surface area contributed by atoms with E-state index >= 15 is 0 Å². The number of hydrogen-bond acceptors (Lipinski definition) is 11. The van der Waals surface area contributed by atoms with Crippen molar-refractivity contribution in [3.05, 3.63) is 83.6 Å². The van der Waals surface area contributed by atoms with E-state index in [-0.39, 0.29) is 15.8 Å². The highest BCUT2D eigenvalue weighted by Gasteiger charge is 2.46. The first kappa shape index (κ1) is 50.9. The molecule has 0 aliphatic carbocycles. The van der Waals surface area contributed by atoms with Gasteiger partial charge in [0.25, 0.3) is 20.2 Å². The zero-order valence-electron chi connectivity index (χ0n) is 37.6. The summed E-state index contributed by atoms with van der Waals surface area (Å²) in [6, 6.07) is 9.36. The van der Waals surface area contributed by atoms with Crippen molar-refractivity contribution >= 4 is 43.3 Å². The van der Waals surface area contributed by atoms with Gasteiger partial charge in [0.2, 0.25) is 5.69 Å². The van der Waals surface area contributed by atoms with E-state index in [0.29, 0.717) is 78.2 Å². The number of nitrogens with zero attached hydrogens (tertiary/aromatic N) is 2. The second-order valence-corrected chi connectivity index (χ2v) is 18.7. The topological polar surface area (TPSA) is 178 Å². The van der Waals surface area contributed by atoms with E-state index in [2.05, 4.69) is 16.4 Å². The molecule has 2 N–H and O–H groups in total. The molecule has 2 heterocycles. The molecule has 0 spiro atoms. The minimum absolute atomic E-state index is 0.177. The molecular weight excluding hydrogens is 837 g/mol. The SMILES string of the molecule is CCOC(=O)CCCCCC1(C)C(=CC=CC=CC2=[N+](CCC(OCC)OCC)c3ccc(S(=O)(=O)O)cc3C2(C)C)N(CCC(OCC)OCC)c2ccc(S(=O)(=O)O)cc21. The van der Waals surface area contributed by atoms with Crippen molar-refractivity contribution in [2.75, 3.05) is 51.0 Å². The third-order valence-corrected chi connectivity index (χ3v) is 13.0. The lowest BCUT2D eigenvalue weighted by molar-refractivity contribution is -0.443. The van der Waals surface area contributed by atoms with Gasteiger partial charge in [0.05, 0.1) is 28.2 Å². The van der Waals surface area contributed by atoms with Gasteiger partial charge < -0.3 is 28.6 Å². The van der Waals surface area contributed by atoms with E-state index in [1.807, 2.05) is 71.9 Å². The van der Waals surface area contributed by atoms with Gasteiger partial charge in [-0.25, -0.2) is 0 Å². The largest absolute Gasteiger partial charge is 0.466 e. The van der Waals surface area contributed by atoms with E-state index in [1.165, 1.54) is 18.2 Å². The van der Waals surface area contributed by atoms with Crippen LogP contribution in [0.5, 0.6) is 0 Å². The summed E-state index contributed by atoms with van der Waals surface area (Å²) in [6.07, 6.45) is 13.0. The molecule has 0 aromatic heterocycles. The number of esters is 1. The minimum Gasteiger partial charge on any atom is -0.466 e. The molecule has 0 saturated heterocycles. The van der Waals surface area contributed by atoms with E-state index in [9.17, 15) is 30.7 Å². The Morgan fingerprint density at radius 3 is 1.90 bits per heavy atom. The number of rotatable bonds is 26. The molecule has 2 aromatic rings. The van der Waals surface area contributed by atoms with Gasteiger partial charge in [-0.3, -0.25) is 13.9 Å². The Labute approximate surface area is 369 Å². The van der Waals surface area contributed by atoms with Gasteiger partial charge in [0.1, 0.15) is 0 Å². The zero-order chi connectivity index (χ0) is 45.7. The zero-order valence-corrected chi connectivity index (χ0v) is 39.2. The van der Waals surface area contributed by atoms with E-state index in [0.717, 1.165) is 46.8 Å². The van der Waals surface area contributed by atoms with Crippen LogP contribution in [-0.4, -0.2) is 101 Å². The first-order valence-electron chi connectivity index (χ1n) is 21.7. The van der Waals surface area contributed by atoms with Gasteiger partial charge >= 0.3 is 5.97 Å². The normalized spacial score (nSPS) is 18.3. The smallest absolute Gasteiger partial charge is 0.305 e. The van der Waals surface area contributed by atoms with Crippen LogP contribution in [0.2, 0.25) is 0 Å². The van der Waals surface area contributed by atoms with Crippen LogP contribution in [0.4, 0.5) is 11.4 Å². The maximum Gasteiger partial charge on any atom is 0.305 e. The van der Waals surface area contributed by atoms with Crippen LogP contribution in [0.3, 0.4) is 0 Å². The molecule has 14 nitrogen and oxygen atoms in total. The molecule has 1 atom stereocenters. The monoisotopic (exact) mass is 903 g/mol. The number of unbranched alkanes of at least 4 members (excludes halogenated alkanes) is 2. The molecule has 1 unspecified atom stereocenters. The van der Waals surface area contributed by atoms with Crippen LogP contribution in [0, 0.1) is 0 Å². The van der Waals surface area contributed by atoms with Gasteiger partial charge in [-0.05, 0) is 110 Å². The Balaban J connectivity index is 1.78. The Bertz CT molecular complexity index is 2190. The summed E-state index contributed by atoms with van der Waals surface area (Å²) in [5.74, 6) is -0.236. The lowest BCUT2D eigenvalue weighted by atomic mass is 9.77. The molecule has 2 aliphatic rings. The van der Waals surface area contributed by atoms with Crippen molar-refractivity contribution in [1.82, 2.24) is 0 Å². The van der Waals surface area contributed by atoms with Gasteiger partial charge in [0, 0.05) is 80.3 Å². The van der Waals surface area contributed by atoms with Crippen molar-refractivity contribution in [3.8, 4) is 0 Å². The lowest BCUT2D eigenvalue weighted by Crippen LogP contribution is -2.32. The summed E-state index contributed by atoms with van der Waals surface area (Å²) in [5, 5.41) is 0.